The van der Waals surface area contributed by atoms with E-state index >= 15 is 0 Å². The van der Waals surface area contributed by atoms with Gasteiger partial charge in [0.1, 0.15) is 5.75 Å². The summed E-state index contributed by atoms with van der Waals surface area (Å²) >= 11 is 0. The largest absolute Gasteiger partial charge is 0.493 e. The van der Waals surface area contributed by atoms with Crippen LogP contribution in [0.15, 0.2) is 36.5 Å². The number of anilines is 1. The van der Waals surface area contributed by atoms with Crippen molar-refractivity contribution in [3.63, 3.8) is 0 Å². The van der Waals surface area contributed by atoms with Crippen molar-refractivity contribution in [3.05, 3.63) is 47.8 Å². The molecule has 0 bridgehead atoms. The number of hydrogen-bond donors (Lipinski definition) is 2. The van der Waals surface area contributed by atoms with Crippen LogP contribution in [0.25, 0.3) is 16.5 Å². The zero-order chi connectivity index (χ0) is 22.8. The highest BCUT2D eigenvalue weighted by atomic mass is 16.5. The van der Waals surface area contributed by atoms with Crippen LogP contribution in [0.1, 0.15) is 36.3 Å². The molecule has 4 rings (SSSR count). The van der Waals surface area contributed by atoms with Gasteiger partial charge in [-0.15, -0.1) is 10.2 Å². The van der Waals surface area contributed by atoms with Crippen molar-refractivity contribution in [1.82, 2.24) is 24.9 Å². The molecule has 2 amide bonds. The molecule has 32 heavy (non-hydrogen) atoms. The summed E-state index contributed by atoms with van der Waals surface area (Å²) in [6.45, 7) is 4.49. The molecule has 1 atom stereocenters. The Hall–Kier alpha value is -3.95. The van der Waals surface area contributed by atoms with Gasteiger partial charge < -0.3 is 20.1 Å². The van der Waals surface area contributed by atoms with Gasteiger partial charge in [0.15, 0.2) is 5.82 Å². The molecule has 0 radical (unpaired) electrons. The maximum Gasteiger partial charge on any atom is 0.407 e. The minimum Gasteiger partial charge on any atom is -0.493 e. The molecule has 166 valence electrons. The molecule has 0 saturated carbocycles. The number of ether oxygens (including phenoxy) is 1. The number of fused-ring (bicyclic) bond motifs is 1. The molecule has 0 aliphatic carbocycles. The van der Waals surface area contributed by atoms with Gasteiger partial charge in [0.2, 0.25) is 0 Å². The van der Waals surface area contributed by atoms with Gasteiger partial charge in [-0.05, 0) is 44.0 Å². The van der Waals surface area contributed by atoms with Crippen molar-refractivity contribution in [3.8, 4) is 5.75 Å². The minimum absolute atomic E-state index is 0.239. The first kappa shape index (κ1) is 21.3. The van der Waals surface area contributed by atoms with Crippen LogP contribution < -0.4 is 10.1 Å². The Morgan fingerprint density at radius 3 is 2.75 bits per heavy atom. The summed E-state index contributed by atoms with van der Waals surface area (Å²) < 4.78 is 7.33. The van der Waals surface area contributed by atoms with Crippen molar-refractivity contribution < 1.29 is 19.4 Å². The lowest BCUT2D eigenvalue weighted by atomic mass is 10.0. The second kappa shape index (κ2) is 8.66. The molecule has 1 aliphatic heterocycles. The van der Waals surface area contributed by atoms with Gasteiger partial charge in [-0.1, -0.05) is 6.08 Å². The van der Waals surface area contributed by atoms with E-state index < -0.39 is 6.09 Å². The molecule has 0 fully saturated rings. The molecule has 0 unspecified atom stereocenters. The second-order valence-electron chi connectivity index (χ2n) is 7.56. The quantitative estimate of drug-likeness (QED) is 0.630. The smallest absolute Gasteiger partial charge is 0.407 e. The lowest BCUT2D eigenvalue weighted by Crippen LogP contribution is -2.39. The van der Waals surface area contributed by atoms with Gasteiger partial charge in [0.25, 0.3) is 5.91 Å². The van der Waals surface area contributed by atoms with Crippen molar-refractivity contribution in [2.24, 2.45) is 7.05 Å². The number of hydrogen-bond acceptors (Lipinski definition) is 6. The molecule has 3 aromatic rings. The zero-order valence-electron chi connectivity index (χ0n) is 18.1. The molecular weight excluding hydrogens is 412 g/mol. The van der Waals surface area contributed by atoms with E-state index in [4.69, 9.17) is 4.74 Å². The van der Waals surface area contributed by atoms with Crippen LogP contribution in [0.4, 0.5) is 10.6 Å². The predicted molar refractivity (Wildman–Crippen MR) is 119 cm³/mol. The molecule has 3 heterocycles. The van der Waals surface area contributed by atoms with Gasteiger partial charge in [0.05, 0.1) is 29.4 Å². The van der Waals surface area contributed by atoms with Gasteiger partial charge in [-0.25, -0.2) is 4.79 Å². The average Bonchev–Trinajstić information content (AvgIpc) is 3.12. The minimum atomic E-state index is -0.937. The topological polar surface area (TPSA) is 122 Å². The molecule has 2 aromatic heterocycles. The fraction of sp³-hybridized carbons (Fsp3) is 0.318. The van der Waals surface area contributed by atoms with Crippen molar-refractivity contribution in [2.75, 3.05) is 18.5 Å². The standard InChI is InChI=1S/C22H24N6O4/c1-4-32-19-11-18-15(12-27(3)26-18)10-16(19)21(29)23-20-6-5-17(24-25-20)14-7-8-28(22(30)31)13(2)9-14/h5-6,9-13H,4,7-8H2,1-3H3,(H,30,31)(H,23,25,29)/t13-/m1/s1. The van der Waals surface area contributed by atoms with Crippen LogP contribution >= 0.6 is 0 Å². The third kappa shape index (κ3) is 4.25. The number of aromatic nitrogens is 4. The first-order valence-electron chi connectivity index (χ1n) is 10.3. The van der Waals surface area contributed by atoms with Gasteiger partial charge >= 0.3 is 6.09 Å². The number of amides is 2. The summed E-state index contributed by atoms with van der Waals surface area (Å²) in [6, 6.07) is 6.70. The monoisotopic (exact) mass is 436 g/mol. The fourth-order valence-electron chi connectivity index (χ4n) is 3.77. The highest BCUT2D eigenvalue weighted by Gasteiger charge is 2.24. The second-order valence-corrected chi connectivity index (χ2v) is 7.56. The third-order valence-electron chi connectivity index (χ3n) is 5.30. The van der Waals surface area contributed by atoms with E-state index in [2.05, 4.69) is 20.6 Å². The van der Waals surface area contributed by atoms with E-state index in [0.717, 1.165) is 16.5 Å². The SMILES string of the molecule is CCOc1cc2nn(C)cc2cc1C(=O)Nc1ccc(C2=C[C@@H](C)N(C(=O)O)CC2)nn1. The maximum atomic E-state index is 12.9. The van der Waals surface area contributed by atoms with Crippen LogP contribution in [0.2, 0.25) is 0 Å². The first-order valence-corrected chi connectivity index (χ1v) is 10.3. The van der Waals surface area contributed by atoms with Crippen LogP contribution in [0.5, 0.6) is 5.75 Å². The average molecular weight is 436 g/mol. The summed E-state index contributed by atoms with van der Waals surface area (Å²) in [5, 5.41) is 25.5. The maximum absolute atomic E-state index is 12.9. The van der Waals surface area contributed by atoms with Crippen molar-refractivity contribution in [2.45, 2.75) is 26.3 Å². The van der Waals surface area contributed by atoms with Crippen molar-refractivity contribution in [1.29, 1.82) is 0 Å². The van der Waals surface area contributed by atoms with E-state index in [9.17, 15) is 14.7 Å². The molecule has 1 aliphatic rings. The Kier molecular flexibility index (Phi) is 5.76. The van der Waals surface area contributed by atoms with Crippen molar-refractivity contribution >= 4 is 34.3 Å². The molecule has 0 spiro atoms. The summed E-state index contributed by atoms with van der Waals surface area (Å²) in [6.07, 6.45) is 3.32. The van der Waals surface area contributed by atoms with Crippen LogP contribution in [0, 0.1) is 0 Å². The molecule has 1 aromatic carbocycles. The number of nitrogens with zero attached hydrogens (tertiary/aromatic N) is 5. The summed E-state index contributed by atoms with van der Waals surface area (Å²) in [5.74, 6) is 0.401. The Bertz CT molecular complexity index is 1200. The van der Waals surface area contributed by atoms with Gasteiger partial charge in [-0.2, -0.15) is 5.10 Å². The normalized spacial score (nSPS) is 16.0. The highest BCUT2D eigenvalue weighted by Crippen LogP contribution is 2.27. The number of carbonyl (C=O) groups is 2. The predicted octanol–water partition coefficient (Wildman–Crippen LogP) is 3.17. The Morgan fingerprint density at radius 1 is 1.28 bits per heavy atom. The molecule has 0 saturated heterocycles. The molecule has 10 heteroatoms. The molecular formula is C22H24N6O4. The summed E-state index contributed by atoms with van der Waals surface area (Å²) in [4.78, 5) is 25.5. The van der Waals surface area contributed by atoms with Crippen LogP contribution in [-0.2, 0) is 7.05 Å². The van der Waals surface area contributed by atoms with Gasteiger partial charge in [0, 0.05) is 31.2 Å². The van der Waals surface area contributed by atoms with Crippen LogP contribution in [0.3, 0.4) is 0 Å². The van der Waals surface area contributed by atoms with E-state index in [1.54, 1.807) is 28.9 Å². The van der Waals surface area contributed by atoms with E-state index in [0.29, 0.717) is 42.4 Å². The summed E-state index contributed by atoms with van der Waals surface area (Å²) in [7, 11) is 1.82. The van der Waals surface area contributed by atoms with E-state index in [-0.39, 0.29) is 11.9 Å². The number of rotatable bonds is 5. The number of carboxylic acid groups (broad SMARTS) is 1. The Balaban J connectivity index is 1.53. The number of benzene rings is 1. The lowest BCUT2D eigenvalue weighted by Gasteiger charge is -2.29. The fourth-order valence-corrected chi connectivity index (χ4v) is 3.77. The lowest BCUT2D eigenvalue weighted by molar-refractivity contribution is 0.102. The summed E-state index contributed by atoms with van der Waals surface area (Å²) in [5.41, 5.74) is 2.72. The highest BCUT2D eigenvalue weighted by molar-refractivity contribution is 6.08. The Labute approximate surface area is 184 Å². The number of aryl methyl sites for hydroxylation is 1. The number of carbonyl (C=O) groups excluding carboxylic acids is 1. The molecule has 2 N–H and O–H groups in total. The number of nitrogens with one attached hydrogen (secondary N) is 1. The Morgan fingerprint density at radius 2 is 2.09 bits per heavy atom. The molecule has 10 nitrogen and oxygen atoms in total. The van der Waals surface area contributed by atoms with Crippen LogP contribution in [-0.4, -0.2) is 61.2 Å². The first-order chi connectivity index (χ1) is 15.4. The van der Waals surface area contributed by atoms with Gasteiger partial charge in [-0.3, -0.25) is 9.48 Å². The van der Waals surface area contributed by atoms with E-state index in [1.807, 2.05) is 33.2 Å². The van der Waals surface area contributed by atoms with E-state index in [1.165, 1.54) is 4.90 Å². The zero-order valence-corrected chi connectivity index (χ0v) is 18.1. The third-order valence-corrected chi connectivity index (χ3v) is 5.30.